The van der Waals surface area contributed by atoms with Crippen LogP contribution in [0.15, 0.2) is 36.8 Å². The standard InChI is InChI=1S/C27H39BN6.Cu/c1-4-10-22(11-5-1)25-16-19-32(29-25)28(33-20-17-26(30-33)23-12-6-2-7-13-23)34-21-18-27(31-34)24-14-8-3-9-15-24;/h16-24H,1-15H2;/q-1;+1. The molecule has 3 aromatic rings. The third-order valence-electron chi connectivity index (χ3n) is 8.67. The summed E-state index contributed by atoms with van der Waals surface area (Å²) in [5.74, 6) is 1.80. The molecule has 191 valence electrons. The van der Waals surface area contributed by atoms with Gasteiger partial charge in [0.05, 0.1) is 17.1 Å². The number of nitrogens with zero attached hydrogens (tertiary/aromatic N) is 6. The molecule has 3 heterocycles. The minimum atomic E-state index is -0.188. The molecular formula is C27H39BCuN6. The van der Waals surface area contributed by atoms with Crippen LogP contribution in [-0.2, 0) is 17.1 Å². The summed E-state index contributed by atoms with van der Waals surface area (Å²) in [6.07, 6.45) is 26.1. The van der Waals surface area contributed by atoms with Gasteiger partial charge >= 0.3 is 17.1 Å². The molecule has 0 unspecified atom stereocenters. The third kappa shape index (κ3) is 5.49. The molecule has 3 aromatic heterocycles. The fourth-order valence-electron chi connectivity index (χ4n) is 6.66. The molecule has 0 atom stereocenters. The number of rotatable bonds is 6. The van der Waals surface area contributed by atoms with E-state index in [-0.39, 0.29) is 24.2 Å². The summed E-state index contributed by atoms with van der Waals surface area (Å²) in [6.45, 7) is 0. The second kappa shape index (κ2) is 11.5. The SMILES string of the molecule is [Cu+].c1cn([B-](n2ccc(C3CCCCC3)n2)n2ccc(C3CCCCC3)n2)nc1C1CCCCC1. The van der Waals surface area contributed by atoms with Crippen molar-refractivity contribution in [1.82, 2.24) is 29.1 Å². The summed E-state index contributed by atoms with van der Waals surface area (Å²) in [7, 11) is -0.188. The smallest absolute Gasteiger partial charge is 0.425 e. The summed E-state index contributed by atoms with van der Waals surface area (Å²) >= 11 is 0. The van der Waals surface area contributed by atoms with Crippen molar-refractivity contribution in [3.63, 3.8) is 0 Å². The van der Waals surface area contributed by atoms with Crippen molar-refractivity contribution < 1.29 is 17.1 Å². The second-order valence-electron chi connectivity index (χ2n) is 11.0. The molecule has 0 N–H and O–H groups in total. The first-order chi connectivity index (χ1) is 16.8. The molecule has 1 radical (unpaired) electrons. The zero-order chi connectivity index (χ0) is 22.7. The molecule has 6 nitrogen and oxygen atoms in total. The Balaban J connectivity index is 0.00000253. The van der Waals surface area contributed by atoms with Gasteiger partial charge in [0.2, 0.25) is 0 Å². The van der Waals surface area contributed by atoms with Gasteiger partial charge in [-0.3, -0.25) is 0 Å². The van der Waals surface area contributed by atoms with Crippen LogP contribution in [0.2, 0.25) is 0 Å². The van der Waals surface area contributed by atoms with Gasteiger partial charge < -0.3 is 13.8 Å². The Morgan fingerprint density at radius 1 is 0.486 bits per heavy atom. The summed E-state index contributed by atoms with van der Waals surface area (Å²) in [4.78, 5) is 0. The van der Waals surface area contributed by atoms with Crippen molar-refractivity contribution in [3.8, 4) is 0 Å². The third-order valence-corrected chi connectivity index (χ3v) is 8.67. The van der Waals surface area contributed by atoms with Crippen LogP contribution in [-0.4, -0.2) is 36.2 Å². The average molecular weight is 522 g/mol. The van der Waals surface area contributed by atoms with E-state index in [2.05, 4.69) is 50.6 Å². The van der Waals surface area contributed by atoms with E-state index in [1.807, 2.05) is 0 Å². The molecule has 3 aliphatic rings. The number of hydrogen-bond acceptors (Lipinski definition) is 3. The van der Waals surface area contributed by atoms with Crippen LogP contribution < -0.4 is 0 Å². The molecule has 3 fully saturated rings. The summed E-state index contributed by atoms with van der Waals surface area (Å²) in [6, 6.07) is 6.71. The fourth-order valence-corrected chi connectivity index (χ4v) is 6.66. The summed E-state index contributed by atoms with van der Waals surface area (Å²) < 4.78 is 6.29. The van der Waals surface area contributed by atoms with Gasteiger partial charge in [0.1, 0.15) is 0 Å². The normalized spacial score (nSPS) is 20.8. The van der Waals surface area contributed by atoms with E-state index in [0.717, 1.165) is 0 Å². The van der Waals surface area contributed by atoms with Crippen LogP contribution in [0.4, 0.5) is 0 Å². The Hall–Kier alpha value is -1.79. The Bertz CT molecular complexity index is 922. The van der Waals surface area contributed by atoms with Crippen LogP contribution in [0.5, 0.6) is 0 Å². The van der Waals surface area contributed by atoms with E-state index < -0.39 is 0 Å². The Morgan fingerprint density at radius 2 is 0.771 bits per heavy atom. The van der Waals surface area contributed by atoms with Crippen molar-refractivity contribution in [2.24, 2.45) is 0 Å². The van der Waals surface area contributed by atoms with E-state index in [0.29, 0.717) is 17.8 Å². The number of aromatic nitrogens is 6. The van der Waals surface area contributed by atoms with Gasteiger partial charge in [-0.05, 0) is 75.3 Å². The molecule has 0 bridgehead atoms. The van der Waals surface area contributed by atoms with Crippen molar-refractivity contribution in [3.05, 3.63) is 53.9 Å². The predicted molar refractivity (Wildman–Crippen MR) is 136 cm³/mol. The monoisotopic (exact) mass is 521 g/mol. The first kappa shape index (κ1) is 24.9. The quantitative estimate of drug-likeness (QED) is 0.355. The van der Waals surface area contributed by atoms with Gasteiger partial charge in [-0.25, -0.2) is 15.3 Å². The molecule has 6 rings (SSSR count). The van der Waals surface area contributed by atoms with Crippen LogP contribution in [0.25, 0.3) is 0 Å². The zero-order valence-corrected chi connectivity index (χ0v) is 21.8. The largest absolute Gasteiger partial charge is 1.00 e. The van der Waals surface area contributed by atoms with E-state index in [9.17, 15) is 0 Å². The first-order valence-electron chi connectivity index (χ1n) is 14.0. The van der Waals surface area contributed by atoms with E-state index >= 15 is 0 Å². The Morgan fingerprint density at radius 3 is 1.06 bits per heavy atom. The first-order valence-corrected chi connectivity index (χ1v) is 14.0. The zero-order valence-electron chi connectivity index (χ0n) is 20.9. The Kier molecular flexibility index (Phi) is 8.19. The molecular weight excluding hydrogens is 483 g/mol. The minimum Gasteiger partial charge on any atom is -0.425 e. The van der Waals surface area contributed by atoms with Gasteiger partial charge in [-0.2, -0.15) is 0 Å². The van der Waals surface area contributed by atoms with Crippen LogP contribution in [0.3, 0.4) is 0 Å². The minimum absolute atomic E-state index is 0. The fraction of sp³-hybridized carbons (Fsp3) is 0.667. The molecule has 3 aliphatic carbocycles. The van der Waals surface area contributed by atoms with Crippen molar-refractivity contribution in [2.75, 3.05) is 0 Å². The maximum atomic E-state index is 5.13. The van der Waals surface area contributed by atoms with Gasteiger partial charge in [0.25, 0.3) is 7.12 Å². The van der Waals surface area contributed by atoms with Gasteiger partial charge in [0.15, 0.2) is 0 Å². The summed E-state index contributed by atoms with van der Waals surface area (Å²) in [5.41, 5.74) is 3.72. The second-order valence-corrected chi connectivity index (χ2v) is 11.0. The molecule has 0 spiro atoms. The van der Waals surface area contributed by atoms with Crippen LogP contribution in [0.1, 0.15) is 131 Å². The van der Waals surface area contributed by atoms with Crippen molar-refractivity contribution in [2.45, 2.75) is 114 Å². The van der Waals surface area contributed by atoms with E-state index in [1.54, 1.807) is 0 Å². The van der Waals surface area contributed by atoms with Crippen LogP contribution >= 0.6 is 0 Å². The van der Waals surface area contributed by atoms with Gasteiger partial charge in [0, 0.05) is 17.8 Å². The maximum Gasteiger partial charge on any atom is 1.00 e. The number of hydrogen-bond donors (Lipinski definition) is 0. The maximum absolute atomic E-state index is 5.13. The Labute approximate surface area is 220 Å². The summed E-state index contributed by atoms with van der Waals surface area (Å²) in [5, 5.41) is 15.4. The van der Waals surface area contributed by atoms with E-state index in [1.165, 1.54) is 113 Å². The van der Waals surface area contributed by atoms with Crippen molar-refractivity contribution in [1.29, 1.82) is 0 Å². The molecule has 0 saturated heterocycles. The molecule has 0 aromatic carbocycles. The topological polar surface area (TPSA) is 53.5 Å². The van der Waals surface area contributed by atoms with Crippen molar-refractivity contribution >= 4 is 7.12 Å². The molecule has 0 aliphatic heterocycles. The predicted octanol–water partition coefficient (Wildman–Crippen LogP) is 6.35. The molecule has 8 heteroatoms. The average Bonchev–Trinajstić information content (AvgIpc) is 3.68. The molecule has 0 amide bonds. The van der Waals surface area contributed by atoms with Crippen LogP contribution in [0, 0.1) is 0 Å². The molecule has 35 heavy (non-hydrogen) atoms. The molecule has 3 saturated carbocycles. The van der Waals surface area contributed by atoms with E-state index in [4.69, 9.17) is 15.3 Å². The van der Waals surface area contributed by atoms with Gasteiger partial charge in [-0.15, -0.1) is 0 Å². The van der Waals surface area contributed by atoms with Gasteiger partial charge in [-0.1, -0.05) is 57.8 Å².